The van der Waals surface area contributed by atoms with E-state index in [1.54, 1.807) is 24.1 Å². The maximum atomic E-state index is 8.69. The minimum atomic E-state index is -0.527. The second-order valence-corrected chi connectivity index (χ2v) is 3.51. The summed E-state index contributed by atoms with van der Waals surface area (Å²) >= 11 is 1.98. The lowest BCUT2D eigenvalue weighted by atomic mass is 10.2. The fourth-order valence-corrected chi connectivity index (χ4v) is 1.61. The van der Waals surface area contributed by atoms with E-state index in [9.17, 15) is 0 Å². The molecule has 0 saturated carbocycles. The van der Waals surface area contributed by atoms with Crippen LogP contribution in [0.2, 0.25) is 0 Å². The Bertz CT molecular complexity index is 295. The summed E-state index contributed by atoms with van der Waals surface area (Å²) in [6.07, 6.45) is 2.86. The second-order valence-electron chi connectivity index (χ2n) is 2.12. The zero-order chi connectivity index (χ0) is 8.97. The molecule has 1 unspecified atom stereocenters. The molecule has 12 heavy (non-hydrogen) atoms. The van der Waals surface area contributed by atoms with Gasteiger partial charge >= 0.3 is 0 Å². The molecule has 1 aromatic heterocycles. The van der Waals surface area contributed by atoms with Gasteiger partial charge in [0.25, 0.3) is 0 Å². The molecule has 0 radical (unpaired) electrons. The van der Waals surface area contributed by atoms with Gasteiger partial charge in [-0.3, -0.25) is 8.86 Å². The van der Waals surface area contributed by atoms with E-state index in [1.807, 2.05) is 27.3 Å². The van der Waals surface area contributed by atoms with Gasteiger partial charge in [0.2, 0.25) is 0 Å². The Balaban J connectivity index is 2.74. The van der Waals surface area contributed by atoms with Crippen LogP contribution in [0.1, 0.15) is 11.7 Å². The van der Waals surface area contributed by atoms with Crippen molar-refractivity contribution in [2.24, 2.45) is 7.05 Å². The standard InChI is InChI=1S/C6H6IN3OS/c1-10-4-5(3-9-10)6(2-8)11-12-7/h3-4,6H,1H3. The number of halogens is 1. The van der Waals surface area contributed by atoms with Crippen molar-refractivity contribution in [3.8, 4) is 6.07 Å². The maximum absolute atomic E-state index is 8.69. The molecule has 6 heteroatoms. The fourth-order valence-electron chi connectivity index (χ4n) is 0.764. The van der Waals surface area contributed by atoms with Crippen molar-refractivity contribution in [3.63, 3.8) is 0 Å². The van der Waals surface area contributed by atoms with E-state index in [1.165, 1.54) is 0 Å². The predicted molar refractivity (Wildman–Crippen MR) is 54.3 cm³/mol. The molecule has 0 bridgehead atoms. The summed E-state index contributed by atoms with van der Waals surface area (Å²) in [6, 6.07) is 2.03. The Morgan fingerprint density at radius 2 is 2.67 bits per heavy atom. The van der Waals surface area contributed by atoms with Crippen molar-refractivity contribution in [3.05, 3.63) is 18.0 Å². The van der Waals surface area contributed by atoms with Gasteiger partial charge in [-0.1, -0.05) is 0 Å². The van der Waals surface area contributed by atoms with Crippen LogP contribution in [0.5, 0.6) is 0 Å². The van der Waals surface area contributed by atoms with Gasteiger partial charge in [0.15, 0.2) is 6.10 Å². The summed E-state index contributed by atoms with van der Waals surface area (Å²) in [5.41, 5.74) is 0.782. The minimum absolute atomic E-state index is 0.527. The van der Waals surface area contributed by atoms with E-state index in [0.717, 1.165) is 14.8 Å². The van der Waals surface area contributed by atoms with Crippen molar-refractivity contribution in [2.45, 2.75) is 6.10 Å². The first-order valence-electron chi connectivity index (χ1n) is 3.10. The highest BCUT2D eigenvalue weighted by Crippen LogP contribution is 2.25. The zero-order valence-electron chi connectivity index (χ0n) is 6.27. The van der Waals surface area contributed by atoms with Gasteiger partial charge in [0.05, 0.1) is 15.4 Å². The van der Waals surface area contributed by atoms with Crippen LogP contribution in [0.4, 0.5) is 0 Å². The molecule has 1 atom stereocenters. The molecule has 0 spiro atoms. The van der Waals surface area contributed by atoms with Crippen LogP contribution in [-0.4, -0.2) is 9.78 Å². The van der Waals surface area contributed by atoms with E-state index in [-0.39, 0.29) is 0 Å². The summed E-state index contributed by atoms with van der Waals surface area (Å²) in [5.74, 6) is 0. The number of aromatic nitrogens is 2. The predicted octanol–water partition coefficient (Wildman–Crippen LogP) is 2.00. The van der Waals surface area contributed by atoms with Crippen LogP contribution in [0.15, 0.2) is 12.4 Å². The Morgan fingerprint density at radius 3 is 3.08 bits per heavy atom. The monoisotopic (exact) mass is 295 g/mol. The summed E-state index contributed by atoms with van der Waals surface area (Å²) in [5, 5.41) is 12.6. The van der Waals surface area contributed by atoms with Crippen molar-refractivity contribution in [1.82, 2.24) is 9.78 Å². The molecule has 1 aromatic rings. The van der Waals surface area contributed by atoms with Crippen LogP contribution < -0.4 is 0 Å². The summed E-state index contributed by atoms with van der Waals surface area (Å²) in [7, 11) is 2.95. The fraction of sp³-hybridized carbons (Fsp3) is 0.333. The summed E-state index contributed by atoms with van der Waals surface area (Å²) < 4.78 is 6.72. The lowest BCUT2D eigenvalue weighted by Crippen LogP contribution is -1.93. The third-order valence-electron chi connectivity index (χ3n) is 1.28. The van der Waals surface area contributed by atoms with Crippen molar-refractivity contribution < 1.29 is 4.18 Å². The molecule has 0 amide bonds. The molecule has 1 rings (SSSR count). The van der Waals surface area contributed by atoms with E-state index in [4.69, 9.17) is 9.44 Å². The molecule has 0 N–H and O–H groups in total. The van der Waals surface area contributed by atoms with E-state index < -0.39 is 6.10 Å². The van der Waals surface area contributed by atoms with Gasteiger partial charge in [-0.15, -0.1) is 0 Å². The molecule has 4 nitrogen and oxygen atoms in total. The van der Waals surface area contributed by atoms with Gasteiger partial charge in [0.1, 0.15) is 6.07 Å². The Labute approximate surface area is 86.7 Å². The highest BCUT2D eigenvalue weighted by Gasteiger charge is 2.12. The first-order valence-corrected chi connectivity index (χ1v) is 6.38. The quantitative estimate of drug-likeness (QED) is 0.632. The number of nitrogens with zero attached hydrogens (tertiary/aromatic N) is 3. The first-order chi connectivity index (χ1) is 5.77. The first kappa shape index (κ1) is 9.83. The van der Waals surface area contributed by atoms with E-state index in [0.29, 0.717) is 0 Å². The average molecular weight is 295 g/mol. The Hall–Kier alpha value is -0.260. The maximum Gasteiger partial charge on any atom is 0.187 e. The number of hydrogen-bond donors (Lipinski definition) is 0. The molecular formula is C6H6IN3OS. The van der Waals surface area contributed by atoms with Gasteiger partial charge < -0.3 is 0 Å². The number of nitriles is 1. The van der Waals surface area contributed by atoms with Crippen molar-refractivity contribution >= 4 is 30.4 Å². The summed E-state index contributed by atoms with van der Waals surface area (Å²) in [4.78, 5) is 0. The van der Waals surface area contributed by atoms with Crippen molar-refractivity contribution in [2.75, 3.05) is 0 Å². The van der Waals surface area contributed by atoms with Gasteiger partial charge in [-0.25, -0.2) is 0 Å². The average Bonchev–Trinajstić information content (AvgIpc) is 2.47. The van der Waals surface area contributed by atoms with Crippen LogP contribution in [0, 0.1) is 11.3 Å². The molecular weight excluding hydrogens is 289 g/mol. The van der Waals surface area contributed by atoms with Gasteiger partial charge in [-0.05, 0) is 0 Å². The SMILES string of the molecule is Cn1cc(C(C#N)OSI)cn1. The number of hydrogen-bond acceptors (Lipinski definition) is 4. The normalized spacial score (nSPS) is 12.4. The van der Waals surface area contributed by atoms with E-state index in [2.05, 4.69) is 5.10 Å². The highest BCUT2D eigenvalue weighted by atomic mass is 127. The van der Waals surface area contributed by atoms with E-state index >= 15 is 0 Å². The number of aryl methyl sites for hydroxylation is 1. The molecule has 0 aliphatic rings. The van der Waals surface area contributed by atoms with Crippen LogP contribution in [0.3, 0.4) is 0 Å². The zero-order valence-corrected chi connectivity index (χ0v) is 9.24. The Kier molecular flexibility index (Phi) is 3.84. The molecule has 0 saturated heterocycles. The topological polar surface area (TPSA) is 50.8 Å². The lowest BCUT2D eigenvalue weighted by Gasteiger charge is -2.01. The molecule has 0 fully saturated rings. The van der Waals surface area contributed by atoms with Crippen LogP contribution >= 0.6 is 30.4 Å². The minimum Gasteiger partial charge on any atom is -0.282 e. The second kappa shape index (κ2) is 4.69. The largest absolute Gasteiger partial charge is 0.282 e. The molecule has 0 aromatic carbocycles. The van der Waals surface area contributed by atoms with Gasteiger partial charge in [0, 0.05) is 40.0 Å². The molecule has 0 aliphatic heterocycles. The van der Waals surface area contributed by atoms with Crippen molar-refractivity contribution in [1.29, 1.82) is 5.26 Å². The van der Waals surface area contributed by atoms with Crippen LogP contribution in [-0.2, 0) is 11.2 Å². The molecule has 64 valence electrons. The highest BCUT2D eigenvalue weighted by molar-refractivity contribution is 14.2. The third kappa shape index (κ3) is 2.36. The lowest BCUT2D eigenvalue weighted by molar-refractivity contribution is 0.319. The third-order valence-corrected chi connectivity index (χ3v) is 2.17. The Morgan fingerprint density at radius 1 is 1.92 bits per heavy atom. The van der Waals surface area contributed by atoms with Gasteiger partial charge in [-0.2, -0.15) is 10.4 Å². The van der Waals surface area contributed by atoms with Crippen LogP contribution in [0.25, 0.3) is 0 Å². The number of rotatable bonds is 3. The molecule has 1 heterocycles. The smallest absolute Gasteiger partial charge is 0.187 e. The molecule has 0 aliphatic carbocycles. The summed E-state index contributed by atoms with van der Waals surface area (Å²) in [6.45, 7) is 0.